The first-order valence-corrected chi connectivity index (χ1v) is 7.38. The third-order valence-corrected chi connectivity index (χ3v) is 3.92. The number of nitrogens with one attached hydrogen (secondary N) is 1. The van der Waals surface area contributed by atoms with Crippen LogP contribution in [0.15, 0.2) is 0 Å². The topological polar surface area (TPSA) is 75.7 Å². The Bertz CT molecular complexity index is 416. The second kappa shape index (κ2) is 5.95. The first kappa shape index (κ1) is 16.0. The number of rotatable bonds is 3. The highest BCUT2D eigenvalue weighted by molar-refractivity contribution is 7.88. The van der Waals surface area contributed by atoms with E-state index in [1.807, 2.05) is 0 Å². The number of nitrogens with zero attached hydrogens (tertiary/aromatic N) is 1. The molecule has 1 heterocycles. The molecule has 1 amide bonds. The largest absolute Gasteiger partial charge is 0.440 e. The maximum Gasteiger partial charge on any atom is 0.422 e. The van der Waals surface area contributed by atoms with Gasteiger partial charge in [-0.3, -0.25) is 0 Å². The van der Waals surface area contributed by atoms with E-state index in [1.165, 1.54) is 4.31 Å². The molecule has 0 aromatic rings. The quantitative estimate of drug-likeness (QED) is 0.833. The van der Waals surface area contributed by atoms with E-state index in [1.54, 1.807) is 0 Å². The summed E-state index contributed by atoms with van der Waals surface area (Å²) in [7, 11) is -3.27. The standard InChI is InChI=1S/C9H15F3N2O4S/c1-19(16,17)14-4-2-7(3-5-14)13-8(15)18-6-9(10,11)12/h7H,2-6H2,1H3,(H,13,15). The molecule has 0 unspecified atom stereocenters. The zero-order chi connectivity index (χ0) is 14.7. The Morgan fingerprint density at radius 1 is 1.37 bits per heavy atom. The molecule has 1 rings (SSSR count). The lowest BCUT2D eigenvalue weighted by Gasteiger charge is -2.30. The Morgan fingerprint density at radius 2 is 1.89 bits per heavy atom. The second-order valence-electron chi connectivity index (χ2n) is 4.27. The van der Waals surface area contributed by atoms with Crippen molar-refractivity contribution in [3.05, 3.63) is 0 Å². The van der Waals surface area contributed by atoms with Crippen LogP contribution >= 0.6 is 0 Å². The number of hydrogen-bond donors (Lipinski definition) is 1. The maximum atomic E-state index is 11.8. The number of sulfonamides is 1. The fourth-order valence-electron chi connectivity index (χ4n) is 1.69. The molecule has 0 aromatic heterocycles. The van der Waals surface area contributed by atoms with Crippen molar-refractivity contribution in [2.45, 2.75) is 25.1 Å². The summed E-state index contributed by atoms with van der Waals surface area (Å²) in [6, 6.07) is -0.376. The highest BCUT2D eigenvalue weighted by atomic mass is 32.2. The van der Waals surface area contributed by atoms with Gasteiger partial charge in [-0.1, -0.05) is 0 Å². The van der Waals surface area contributed by atoms with Gasteiger partial charge in [0.25, 0.3) is 0 Å². The number of alkyl carbamates (subject to hydrolysis) is 1. The molecule has 1 aliphatic rings. The van der Waals surface area contributed by atoms with Gasteiger partial charge >= 0.3 is 12.3 Å². The second-order valence-corrected chi connectivity index (χ2v) is 6.25. The van der Waals surface area contributed by atoms with Gasteiger partial charge in [-0.05, 0) is 12.8 Å². The lowest BCUT2D eigenvalue weighted by Crippen LogP contribution is -2.46. The van der Waals surface area contributed by atoms with Crippen molar-refractivity contribution in [1.29, 1.82) is 0 Å². The van der Waals surface area contributed by atoms with E-state index >= 15 is 0 Å². The molecule has 0 aliphatic carbocycles. The minimum absolute atomic E-state index is 0.225. The van der Waals surface area contributed by atoms with Crippen molar-refractivity contribution in [1.82, 2.24) is 9.62 Å². The van der Waals surface area contributed by atoms with Crippen molar-refractivity contribution in [2.75, 3.05) is 26.0 Å². The molecule has 19 heavy (non-hydrogen) atoms. The summed E-state index contributed by atoms with van der Waals surface area (Å²) in [5.41, 5.74) is 0. The number of carbonyl (C=O) groups excluding carboxylic acids is 1. The first-order chi connectivity index (χ1) is 8.58. The van der Waals surface area contributed by atoms with E-state index in [0.29, 0.717) is 12.8 Å². The maximum absolute atomic E-state index is 11.8. The molecule has 10 heteroatoms. The Kier molecular flexibility index (Phi) is 5.02. The van der Waals surface area contributed by atoms with Crippen molar-refractivity contribution in [3.8, 4) is 0 Å². The minimum atomic E-state index is -4.56. The number of ether oxygens (including phenoxy) is 1. The summed E-state index contributed by atoms with van der Waals surface area (Å²) >= 11 is 0. The molecule has 0 spiro atoms. The number of hydrogen-bond acceptors (Lipinski definition) is 4. The predicted octanol–water partition coefficient (Wildman–Crippen LogP) is 0.699. The SMILES string of the molecule is CS(=O)(=O)N1CCC(NC(=O)OCC(F)(F)F)CC1. The third kappa shape index (κ3) is 6.10. The third-order valence-electron chi connectivity index (χ3n) is 2.61. The van der Waals surface area contributed by atoms with Gasteiger partial charge in [0.2, 0.25) is 10.0 Å². The molecule has 1 saturated heterocycles. The average Bonchev–Trinajstić information content (AvgIpc) is 2.25. The smallest absolute Gasteiger partial charge is 0.422 e. The zero-order valence-corrected chi connectivity index (χ0v) is 11.1. The molecule has 0 radical (unpaired) electrons. The molecule has 1 aliphatic heterocycles. The summed E-state index contributed by atoms with van der Waals surface area (Å²) in [6.07, 6.45) is -3.94. The van der Waals surface area contributed by atoms with Crippen LogP contribution in [0.3, 0.4) is 0 Å². The summed E-state index contributed by atoms with van der Waals surface area (Å²) in [4.78, 5) is 11.1. The molecular weight excluding hydrogens is 289 g/mol. The predicted molar refractivity (Wildman–Crippen MR) is 60.0 cm³/mol. The molecule has 0 bridgehead atoms. The van der Waals surface area contributed by atoms with Gasteiger partial charge in [0.1, 0.15) is 0 Å². The van der Waals surface area contributed by atoms with Crippen LogP contribution in [-0.2, 0) is 14.8 Å². The Balaban J connectivity index is 2.31. The van der Waals surface area contributed by atoms with Crippen LogP contribution < -0.4 is 5.32 Å². The van der Waals surface area contributed by atoms with E-state index < -0.39 is 28.9 Å². The van der Waals surface area contributed by atoms with Gasteiger partial charge in [-0.15, -0.1) is 0 Å². The van der Waals surface area contributed by atoms with Gasteiger partial charge < -0.3 is 10.1 Å². The number of halogens is 3. The highest BCUT2D eigenvalue weighted by Gasteiger charge is 2.31. The zero-order valence-electron chi connectivity index (χ0n) is 10.2. The highest BCUT2D eigenvalue weighted by Crippen LogP contribution is 2.16. The summed E-state index contributed by atoms with van der Waals surface area (Å²) < 4.78 is 63.1. The van der Waals surface area contributed by atoms with Gasteiger partial charge in [0.05, 0.1) is 6.26 Å². The van der Waals surface area contributed by atoms with Crippen LogP contribution in [0.4, 0.5) is 18.0 Å². The van der Waals surface area contributed by atoms with Crippen LogP contribution in [0.5, 0.6) is 0 Å². The average molecular weight is 304 g/mol. The van der Waals surface area contributed by atoms with Crippen LogP contribution in [0, 0.1) is 0 Å². The van der Waals surface area contributed by atoms with Gasteiger partial charge in [-0.25, -0.2) is 17.5 Å². The Morgan fingerprint density at radius 3 is 2.32 bits per heavy atom. The van der Waals surface area contributed by atoms with Crippen LogP contribution in [0.25, 0.3) is 0 Å². The lowest BCUT2D eigenvalue weighted by molar-refractivity contribution is -0.160. The molecular formula is C9H15F3N2O4S. The van der Waals surface area contributed by atoms with E-state index in [0.717, 1.165) is 6.26 Å². The molecule has 1 fully saturated rings. The van der Waals surface area contributed by atoms with Crippen LogP contribution in [0.2, 0.25) is 0 Å². The molecule has 0 atom stereocenters. The summed E-state index contributed by atoms with van der Waals surface area (Å²) in [5.74, 6) is 0. The molecule has 0 aromatic carbocycles. The number of amides is 1. The number of piperidine rings is 1. The Hall–Kier alpha value is -1.03. The van der Waals surface area contributed by atoms with E-state index in [2.05, 4.69) is 10.1 Å². The van der Waals surface area contributed by atoms with Gasteiger partial charge in [-0.2, -0.15) is 13.2 Å². The summed E-state index contributed by atoms with van der Waals surface area (Å²) in [5, 5.41) is 2.28. The van der Waals surface area contributed by atoms with E-state index in [-0.39, 0.29) is 19.1 Å². The van der Waals surface area contributed by atoms with Crippen molar-refractivity contribution < 1.29 is 31.1 Å². The number of alkyl halides is 3. The van der Waals surface area contributed by atoms with Crippen molar-refractivity contribution in [2.24, 2.45) is 0 Å². The fourth-order valence-corrected chi connectivity index (χ4v) is 2.56. The van der Waals surface area contributed by atoms with Gasteiger partial charge in [0, 0.05) is 19.1 Å². The van der Waals surface area contributed by atoms with Gasteiger partial charge in [0.15, 0.2) is 6.61 Å². The van der Waals surface area contributed by atoms with E-state index in [9.17, 15) is 26.4 Å². The van der Waals surface area contributed by atoms with Crippen LogP contribution in [-0.4, -0.2) is 57.0 Å². The van der Waals surface area contributed by atoms with Crippen molar-refractivity contribution in [3.63, 3.8) is 0 Å². The normalized spacial score (nSPS) is 19.2. The first-order valence-electron chi connectivity index (χ1n) is 5.53. The molecule has 6 nitrogen and oxygen atoms in total. The molecule has 0 saturated carbocycles. The monoisotopic (exact) mass is 304 g/mol. The fraction of sp³-hybridized carbons (Fsp3) is 0.889. The van der Waals surface area contributed by atoms with E-state index in [4.69, 9.17) is 0 Å². The summed E-state index contributed by atoms with van der Waals surface area (Å²) in [6.45, 7) is -1.19. The Labute approximate surface area is 108 Å². The molecule has 112 valence electrons. The van der Waals surface area contributed by atoms with Crippen LogP contribution in [0.1, 0.15) is 12.8 Å². The number of carbonyl (C=O) groups is 1. The molecule has 1 N–H and O–H groups in total. The minimum Gasteiger partial charge on any atom is -0.440 e. The lowest BCUT2D eigenvalue weighted by atomic mass is 10.1. The van der Waals surface area contributed by atoms with Crippen molar-refractivity contribution >= 4 is 16.1 Å².